The third-order valence-corrected chi connectivity index (χ3v) is 3.27. The van der Waals surface area contributed by atoms with Crippen molar-refractivity contribution in [3.8, 4) is 0 Å². The number of aliphatic hydroxyl groups excluding tert-OH is 1. The lowest BCUT2D eigenvalue weighted by atomic mass is 10.1. The highest BCUT2D eigenvalue weighted by molar-refractivity contribution is 7.09. The Hall–Kier alpha value is -1.33. The fraction of sp³-hybridized carbons (Fsp3) is 0.182. The van der Waals surface area contributed by atoms with Crippen molar-refractivity contribution >= 4 is 11.3 Å². The van der Waals surface area contributed by atoms with Crippen molar-refractivity contribution in [2.45, 2.75) is 13.0 Å². The van der Waals surface area contributed by atoms with Gasteiger partial charge in [0, 0.05) is 0 Å². The van der Waals surface area contributed by atoms with Crippen LogP contribution in [-0.2, 0) is 0 Å². The van der Waals surface area contributed by atoms with E-state index in [1.807, 2.05) is 0 Å². The molecule has 0 fully saturated rings. The van der Waals surface area contributed by atoms with E-state index >= 15 is 0 Å². The normalized spacial score (nSPS) is 12.8. The van der Waals surface area contributed by atoms with Crippen LogP contribution in [0.3, 0.4) is 0 Å². The zero-order valence-corrected chi connectivity index (χ0v) is 9.26. The molecule has 16 heavy (non-hydrogen) atoms. The minimum atomic E-state index is -0.960. The number of aryl methyl sites for hydroxylation is 1. The molecule has 1 N–H and O–H groups in total. The Morgan fingerprint density at radius 3 is 2.62 bits per heavy atom. The van der Waals surface area contributed by atoms with E-state index in [2.05, 4.69) is 4.98 Å². The first kappa shape index (κ1) is 11.2. The molecule has 2 rings (SSSR count). The van der Waals surface area contributed by atoms with Gasteiger partial charge >= 0.3 is 0 Å². The maximum absolute atomic E-state index is 13.0. The highest BCUT2D eigenvalue weighted by Crippen LogP contribution is 2.28. The van der Waals surface area contributed by atoms with Gasteiger partial charge in [0.25, 0.3) is 0 Å². The van der Waals surface area contributed by atoms with E-state index in [-0.39, 0.29) is 0 Å². The average Bonchev–Trinajstić information content (AvgIpc) is 2.67. The van der Waals surface area contributed by atoms with Crippen molar-refractivity contribution in [1.29, 1.82) is 0 Å². The Morgan fingerprint density at radius 2 is 2.06 bits per heavy atom. The Kier molecular flexibility index (Phi) is 2.98. The second-order valence-electron chi connectivity index (χ2n) is 3.38. The van der Waals surface area contributed by atoms with E-state index in [0.717, 1.165) is 12.1 Å². The summed E-state index contributed by atoms with van der Waals surface area (Å²) < 4.78 is 25.7. The van der Waals surface area contributed by atoms with E-state index in [1.165, 1.54) is 17.4 Å². The quantitative estimate of drug-likeness (QED) is 0.877. The first-order valence-corrected chi connectivity index (χ1v) is 5.50. The fourth-order valence-electron chi connectivity index (χ4n) is 1.41. The summed E-state index contributed by atoms with van der Waals surface area (Å²) in [5, 5.41) is 9.96. The van der Waals surface area contributed by atoms with Crippen LogP contribution in [0.4, 0.5) is 8.78 Å². The number of aliphatic hydroxyl groups is 1. The van der Waals surface area contributed by atoms with E-state index in [9.17, 15) is 13.9 Å². The van der Waals surface area contributed by atoms with Gasteiger partial charge in [-0.25, -0.2) is 13.8 Å². The van der Waals surface area contributed by atoms with Crippen molar-refractivity contribution in [3.63, 3.8) is 0 Å². The molecule has 0 radical (unpaired) electrons. The van der Waals surface area contributed by atoms with Crippen LogP contribution >= 0.6 is 11.3 Å². The summed E-state index contributed by atoms with van der Waals surface area (Å²) in [6, 6.07) is 3.37. The van der Waals surface area contributed by atoms with Crippen LogP contribution in [0.25, 0.3) is 0 Å². The van der Waals surface area contributed by atoms with Crippen LogP contribution in [0.5, 0.6) is 0 Å². The highest BCUT2D eigenvalue weighted by Gasteiger charge is 2.16. The van der Waals surface area contributed by atoms with Crippen molar-refractivity contribution in [2.75, 3.05) is 0 Å². The van der Waals surface area contributed by atoms with E-state index < -0.39 is 17.7 Å². The monoisotopic (exact) mass is 241 g/mol. The molecule has 0 aliphatic rings. The zero-order chi connectivity index (χ0) is 11.7. The Balaban J connectivity index is 2.38. The van der Waals surface area contributed by atoms with Crippen molar-refractivity contribution in [1.82, 2.24) is 4.98 Å². The summed E-state index contributed by atoms with van der Waals surface area (Å²) in [5.74, 6) is -1.88. The largest absolute Gasteiger partial charge is 0.383 e. The van der Waals surface area contributed by atoms with Gasteiger partial charge < -0.3 is 5.11 Å². The summed E-state index contributed by atoms with van der Waals surface area (Å²) in [7, 11) is 0. The molecule has 1 aromatic heterocycles. The summed E-state index contributed by atoms with van der Waals surface area (Å²) in [4.78, 5) is 4.64. The average molecular weight is 241 g/mol. The zero-order valence-electron chi connectivity index (χ0n) is 8.45. The molecule has 1 aromatic carbocycles. The number of benzene rings is 1. The SMILES string of the molecule is Cc1ncsc1C(O)c1ccc(F)c(F)c1. The smallest absolute Gasteiger partial charge is 0.159 e. The van der Waals surface area contributed by atoms with E-state index in [1.54, 1.807) is 12.4 Å². The lowest BCUT2D eigenvalue weighted by molar-refractivity contribution is 0.222. The summed E-state index contributed by atoms with van der Waals surface area (Å²) in [6.07, 6.45) is -0.956. The number of rotatable bonds is 2. The molecule has 0 saturated heterocycles. The molecule has 0 spiro atoms. The number of hydrogen-bond acceptors (Lipinski definition) is 3. The molecular formula is C11H9F2NOS. The molecule has 0 amide bonds. The van der Waals surface area contributed by atoms with E-state index in [0.29, 0.717) is 16.1 Å². The third kappa shape index (κ3) is 1.96. The maximum atomic E-state index is 13.0. The second kappa shape index (κ2) is 4.27. The molecule has 0 aliphatic carbocycles. The Labute approximate surface area is 95.2 Å². The van der Waals surface area contributed by atoms with Crippen molar-refractivity contribution in [3.05, 3.63) is 51.5 Å². The van der Waals surface area contributed by atoms with Gasteiger partial charge in [0.15, 0.2) is 11.6 Å². The number of halogens is 2. The molecule has 1 atom stereocenters. The summed E-state index contributed by atoms with van der Waals surface area (Å²) in [6.45, 7) is 1.76. The van der Waals surface area contributed by atoms with Gasteiger partial charge in [0.2, 0.25) is 0 Å². The standard InChI is InChI=1S/C11H9F2NOS/c1-6-11(16-5-14-6)10(15)7-2-3-8(12)9(13)4-7/h2-5,10,15H,1H3. The van der Waals surface area contributed by atoms with Gasteiger partial charge in [0.1, 0.15) is 6.10 Å². The maximum Gasteiger partial charge on any atom is 0.159 e. The van der Waals surface area contributed by atoms with Crippen molar-refractivity contribution < 1.29 is 13.9 Å². The van der Waals surface area contributed by atoms with Crippen LogP contribution < -0.4 is 0 Å². The number of hydrogen-bond donors (Lipinski definition) is 1. The second-order valence-corrected chi connectivity index (χ2v) is 4.26. The summed E-state index contributed by atoms with van der Waals surface area (Å²) in [5.41, 5.74) is 2.63. The minimum absolute atomic E-state index is 0.325. The number of thiazole rings is 1. The predicted octanol–water partition coefficient (Wildman–Crippen LogP) is 2.81. The molecule has 2 nitrogen and oxygen atoms in total. The Morgan fingerprint density at radius 1 is 1.31 bits per heavy atom. The minimum Gasteiger partial charge on any atom is -0.383 e. The van der Waals surface area contributed by atoms with Crippen LogP contribution in [0.2, 0.25) is 0 Å². The molecular weight excluding hydrogens is 232 g/mol. The fourth-order valence-corrected chi connectivity index (χ4v) is 2.22. The number of aromatic nitrogens is 1. The van der Waals surface area contributed by atoms with Crippen LogP contribution in [0.15, 0.2) is 23.7 Å². The topological polar surface area (TPSA) is 33.1 Å². The molecule has 84 valence electrons. The van der Waals surface area contributed by atoms with Gasteiger partial charge in [-0.2, -0.15) is 0 Å². The van der Waals surface area contributed by atoms with Gasteiger partial charge in [-0.3, -0.25) is 0 Å². The molecule has 0 saturated carbocycles. The van der Waals surface area contributed by atoms with Crippen LogP contribution in [-0.4, -0.2) is 10.1 Å². The lowest BCUT2D eigenvalue weighted by Gasteiger charge is -2.09. The lowest BCUT2D eigenvalue weighted by Crippen LogP contribution is -2.00. The van der Waals surface area contributed by atoms with Crippen LogP contribution in [0.1, 0.15) is 22.2 Å². The third-order valence-electron chi connectivity index (χ3n) is 2.29. The van der Waals surface area contributed by atoms with E-state index in [4.69, 9.17) is 0 Å². The molecule has 1 unspecified atom stereocenters. The molecule has 1 heterocycles. The van der Waals surface area contributed by atoms with Gasteiger partial charge in [-0.05, 0) is 24.6 Å². The van der Waals surface area contributed by atoms with Crippen LogP contribution in [0, 0.1) is 18.6 Å². The first-order valence-electron chi connectivity index (χ1n) is 4.62. The molecule has 2 aromatic rings. The molecule has 5 heteroatoms. The van der Waals surface area contributed by atoms with Crippen molar-refractivity contribution in [2.24, 2.45) is 0 Å². The van der Waals surface area contributed by atoms with Gasteiger partial charge in [-0.1, -0.05) is 6.07 Å². The van der Waals surface area contributed by atoms with Gasteiger partial charge in [0.05, 0.1) is 16.1 Å². The predicted molar refractivity (Wildman–Crippen MR) is 57.3 cm³/mol. The Bertz CT molecular complexity index is 512. The van der Waals surface area contributed by atoms with Gasteiger partial charge in [-0.15, -0.1) is 11.3 Å². The molecule has 0 bridgehead atoms. The highest BCUT2D eigenvalue weighted by atomic mass is 32.1. The first-order chi connectivity index (χ1) is 7.59. The summed E-state index contributed by atoms with van der Waals surface area (Å²) >= 11 is 1.29. The number of nitrogens with zero attached hydrogens (tertiary/aromatic N) is 1. The molecule has 0 aliphatic heterocycles.